The average Bonchev–Trinajstić information content (AvgIpc) is 2.55. The first-order valence-electron chi connectivity index (χ1n) is 7.68. The van der Waals surface area contributed by atoms with Crippen LogP contribution in [0, 0.1) is 0 Å². The summed E-state index contributed by atoms with van der Waals surface area (Å²) in [5.74, 6) is -0.0732. The van der Waals surface area contributed by atoms with E-state index in [-0.39, 0.29) is 27.8 Å². The van der Waals surface area contributed by atoms with E-state index in [1.165, 1.54) is 32.0 Å². The van der Waals surface area contributed by atoms with E-state index < -0.39 is 11.9 Å². The van der Waals surface area contributed by atoms with Gasteiger partial charge in [-0.05, 0) is 30.3 Å². The van der Waals surface area contributed by atoms with Gasteiger partial charge in [-0.3, -0.25) is 14.4 Å². The molecule has 0 amide bonds. The molecule has 1 heterocycles. The van der Waals surface area contributed by atoms with Gasteiger partial charge in [-0.1, -0.05) is 0 Å². The zero-order valence-electron chi connectivity index (χ0n) is 14.1. The molecule has 2 aromatic carbocycles. The monoisotopic (exact) mass is 353 g/mol. The molecule has 0 atom stereocenters. The van der Waals surface area contributed by atoms with Crippen molar-refractivity contribution in [1.29, 1.82) is 0 Å². The van der Waals surface area contributed by atoms with Crippen LogP contribution in [-0.4, -0.2) is 11.9 Å². The standard InChI is InChI=1S/C19H15NO6/c1-10(21)24-13-5-3-12(4-6-13)18-9-17(23)15-7-14(25-11(2)22)8-16(20)19(15)26-18/h3-9H,20H2,1-2H3. The lowest BCUT2D eigenvalue weighted by molar-refractivity contribution is -0.132. The van der Waals surface area contributed by atoms with E-state index in [4.69, 9.17) is 19.6 Å². The van der Waals surface area contributed by atoms with E-state index in [0.29, 0.717) is 17.1 Å². The summed E-state index contributed by atoms with van der Waals surface area (Å²) in [4.78, 5) is 34.5. The highest BCUT2D eigenvalue weighted by Gasteiger charge is 2.13. The van der Waals surface area contributed by atoms with Crippen LogP contribution in [0.15, 0.2) is 51.7 Å². The molecule has 0 unspecified atom stereocenters. The number of nitrogens with two attached hydrogens (primary N) is 1. The largest absolute Gasteiger partial charge is 0.454 e. The SMILES string of the molecule is CC(=O)Oc1ccc(-c2cc(=O)c3cc(OC(C)=O)cc(N)c3o2)cc1. The molecule has 3 rings (SSSR count). The van der Waals surface area contributed by atoms with E-state index in [0.717, 1.165) is 0 Å². The lowest BCUT2D eigenvalue weighted by atomic mass is 10.1. The molecule has 0 aliphatic heterocycles. The van der Waals surface area contributed by atoms with Gasteiger partial charge in [-0.25, -0.2) is 0 Å². The van der Waals surface area contributed by atoms with Crippen molar-refractivity contribution in [2.45, 2.75) is 13.8 Å². The van der Waals surface area contributed by atoms with Crippen LogP contribution in [0.25, 0.3) is 22.3 Å². The predicted molar refractivity (Wildman–Crippen MR) is 95.0 cm³/mol. The Hall–Kier alpha value is -3.61. The second-order valence-corrected chi connectivity index (χ2v) is 5.58. The van der Waals surface area contributed by atoms with Gasteiger partial charge in [0, 0.05) is 31.5 Å². The molecule has 7 nitrogen and oxygen atoms in total. The maximum absolute atomic E-state index is 12.5. The summed E-state index contributed by atoms with van der Waals surface area (Å²) in [5.41, 5.74) is 6.61. The lowest BCUT2D eigenvalue weighted by Crippen LogP contribution is -2.06. The van der Waals surface area contributed by atoms with Gasteiger partial charge in [0.05, 0.1) is 11.1 Å². The number of hydrogen-bond donors (Lipinski definition) is 1. The molecule has 0 radical (unpaired) electrons. The molecule has 3 aromatic rings. The molecule has 0 saturated carbocycles. The Morgan fingerprint density at radius 3 is 2.15 bits per heavy atom. The summed E-state index contributed by atoms with van der Waals surface area (Å²) in [5, 5.41) is 0.210. The number of benzene rings is 2. The smallest absolute Gasteiger partial charge is 0.308 e. The molecule has 1 aromatic heterocycles. The van der Waals surface area contributed by atoms with Crippen molar-refractivity contribution < 1.29 is 23.5 Å². The first-order valence-corrected chi connectivity index (χ1v) is 7.68. The van der Waals surface area contributed by atoms with Crippen molar-refractivity contribution in [3.63, 3.8) is 0 Å². The highest BCUT2D eigenvalue weighted by molar-refractivity contribution is 5.90. The van der Waals surface area contributed by atoms with Crippen molar-refractivity contribution in [2.24, 2.45) is 0 Å². The zero-order valence-corrected chi connectivity index (χ0v) is 14.1. The Kier molecular flexibility index (Phi) is 4.45. The number of ether oxygens (including phenoxy) is 2. The van der Waals surface area contributed by atoms with E-state index >= 15 is 0 Å². The van der Waals surface area contributed by atoms with Crippen LogP contribution in [0.1, 0.15) is 13.8 Å². The van der Waals surface area contributed by atoms with Gasteiger partial charge in [0.2, 0.25) is 0 Å². The van der Waals surface area contributed by atoms with Gasteiger partial charge in [0.15, 0.2) is 11.0 Å². The van der Waals surface area contributed by atoms with E-state index in [9.17, 15) is 14.4 Å². The van der Waals surface area contributed by atoms with Crippen LogP contribution in [0.2, 0.25) is 0 Å². The molecule has 0 spiro atoms. The minimum absolute atomic E-state index is 0.174. The minimum atomic E-state index is -0.516. The molecule has 0 saturated heterocycles. The third kappa shape index (κ3) is 3.56. The highest BCUT2D eigenvalue weighted by Crippen LogP contribution is 2.30. The van der Waals surface area contributed by atoms with Crippen molar-refractivity contribution >= 4 is 28.6 Å². The molecule has 0 fully saturated rings. The number of nitrogen functional groups attached to an aromatic ring is 1. The Bertz CT molecular complexity index is 1070. The molecule has 26 heavy (non-hydrogen) atoms. The van der Waals surface area contributed by atoms with Crippen LogP contribution >= 0.6 is 0 Å². The number of rotatable bonds is 3. The van der Waals surface area contributed by atoms with Gasteiger partial charge < -0.3 is 19.6 Å². The van der Waals surface area contributed by atoms with Gasteiger partial charge >= 0.3 is 11.9 Å². The van der Waals surface area contributed by atoms with Crippen LogP contribution in [-0.2, 0) is 9.59 Å². The maximum atomic E-state index is 12.5. The number of anilines is 1. The Morgan fingerprint density at radius 1 is 0.923 bits per heavy atom. The maximum Gasteiger partial charge on any atom is 0.308 e. The summed E-state index contributed by atoms with van der Waals surface area (Å²) >= 11 is 0. The third-order valence-electron chi connectivity index (χ3n) is 3.49. The zero-order chi connectivity index (χ0) is 18.8. The van der Waals surface area contributed by atoms with Crippen molar-refractivity contribution in [1.82, 2.24) is 0 Å². The number of carbonyl (C=O) groups excluding carboxylic acids is 2. The normalized spacial score (nSPS) is 10.5. The molecular weight excluding hydrogens is 338 g/mol. The number of hydrogen-bond acceptors (Lipinski definition) is 7. The quantitative estimate of drug-likeness (QED) is 0.438. The fourth-order valence-corrected chi connectivity index (χ4v) is 2.48. The van der Waals surface area contributed by atoms with Crippen molar-refractivity contribution in [3.05, 3.63) is 52.7 Å². The van der Waals surface area contributed by atoms with Crippen molar-refractivity contribution in [2.75, 3.05) is 5.73 Å². The predicted octanol–water partition coefficient (Wildman–Crippen LogP) is 2.89. The summed E-state index contributed by atoms with van der Waals surface area (Å²) < 4.78 is 15.7. The molecule has 2 N–H and O–H groups in total. The van der Waals surface area contributed by atoms with Crippen LogP contribution < -0.4 is 20.6 Å². The van der Waals surface area contributed by atoms with Crippen LogP contribution in [0.4, 0.5) is 5.69 Å². The lowest BCUT2D eigenvalue weighted by Gasteiger charge is -2.08. The molecular formula is C19H15NO6. The highest BCUT2D eigenvalue weighted by atomic mass is 16.5. The summed E-state index contributed by atoms with van der Waals surface area (Å²) in [6.07, 6.45) is 0. The first kappa shape index (κ1) is 17.2. The fourth-order valence-electron chi connectivity index (χ4n) is 2.48. The third-order valence-corrected chi connectivity index (χ3v) is 3.49. The van der Waals surface area contributed by atoms with E-state index in [2.05, 4.69) is 0 Å². The van der Waals surface area contributed by atoms with E-state index in [1.54, 1.807) is 24.3 Å². The Morgan fingerprint density at radius 2 is 1.54 bits per heavy atom. The van der Waals surface area contributed by atoms with Crippen LogP contribution in [0.5, 0.6) is 11.5 Å². The average molecular weight is 353 g/mol. The number of carbonyl (C=O) groups is 2. The van der Waals surface area contributed by atoms with Gasteiger partial charge in [0.25, 0.3) is 0 Å². The fraction of sp³-hybridized carbons (Fsp3) is 0.105. The van der Waals surface area contributed by atoms with E-state index in [1.807, 2.05) is 0 Å². The summed E-state index contributed by atoms with van der Waals surface area (Å²) in [6, 6.07) is 10.6. The summed E-state index contributed by atoms with van der Waals surface area (Å²) in [7, 11) is 0. The van der Waals surface area contributed by atoms with Crippen LogP contribution in [0.3, 0.4) is 0 Å². The first-order chi connectivity index (χ1) is 12.3. The number of fused-ring (bicyclic) bond motifs is 1. The second-order valence-electron chi connectivity index (χ2n) is 5.58. The molecule has 0 bridgehead atoms. The second kappa shape index (κ2) is 6.72. The van der Waals surface area contributed by atoms with Gasteiger partial charge in [-0.2, -0.15) is 0 Å². The summed E-state index contributed by atoms with van der Waals surface area (Å²) in [6.45, 7) is 2.56. The van der Waals surface area contributed by atoms with Gasteiger partial charge in [-0.15, -0.1) is 0 Å². The topological polar surface area (TPSA) is 109 Å². The van der Waals surface area contributed by atoms with Crippen molar-refractivity contribution in [3.8, 4) is 22.8 Å². The molecule has 0 aliphatic carbocycles. The molecule has 132 valence electrons. The molecule has 7 heteroatoms. The Balaban J connectivity index is 2.06. The molecule has 0 aliphatic rings. The van der Waals surface area contributed by atoms with Gasteiger partial charge in [0.1, 0.15) is 17.3 Å². The minimum Gasteiger partial charge on any atom is -0.454 e. The number of esters is 2. The Labute approximate surface area is 147 Å².